The molecular formula is C28H24ClFN6O9. The first-order valence-electron chi connectivity index (χ1n) is 13.4. The topological polar surface area (TPSA) is 195 Å². The summed E-state index contributed by atoms with van der Waals surface area (Å²) in [5, 5.41) is 3.75. The summed E-state index contributed by atoms with van der Waals surface area (Å²) in [6.45, 7) is -0.210. The van der Waals surface area contributed by atoms with E-state index in [0.29, 0.717) is 4.57 Å². The molecule has 2 aromatic carbocycles. The average molecular weight is 643 g/mol. The SMILES string of the molecule is [N-]=[N+]=N[C@]1(COC(=O)c2cccc(Cl)c2)O[C@@H](n2cc(C(=O)N3CCOCC3)c(=O)[nH]c2=O)[C@@H](F)[C@@H]1OC(=O)c1ccccc1. The van der Waals surface area contributed by atoms with Crippen molar-refractivity contribution in [2.24, 2.45) is 5.11 Å². The zero-order chi connectivity index (χ0) is 32.1. The number of rotatable bonds is 8. The number of H-pyrrole nitrogens is 1. The number of halogens is 2. The predicted molar refractivity (Wildman–Crippen MR) is 152 cm³/mol. The largest absolute Gasteiger partial charge is 0.459 e. The summed E-state index contributed by atoms with van der Waals surface area (Å²) in [6.07, 6.45) is -5.77. The number of alkyl halides is 1. The molecule has 0 radical (unpaired) electrons. The van der Waals surface area contributed by atoms with Crippen molar-refractivity contribution in [3.63, 3.8) is 0 Å². The van der Waals surface area contributed by atoms with Crippen molar-refractivity contribution < 1.29 is 37.7 Å². The molecule has 45 heavy (non-hydrogen) atoms. The van der Waals surface area contributed by atoms with Crippen molar-refractivity contribution in [3.8, 4) is 0 Å². The van der Waals surface area contributed by atoms with E-state index in [1.807, 2.05) is 4.98 Å². The first-order chi connectivity index (χ1) is 21.6. The van der Waals surface area contributed by atoms with Crippen LogP contribution in [0, 0.1) is 0 Å². The molecule has 1 aromatic heterocycles. The number of nitrogens with one attached hydrogen (secondary N) is 1. The second kappa shape index (κ2) is 13.3. The van der Waals surface area contributed by atoms with E-state index < -0.39 is 65.5 Å². The second-order valence-corrected chi connectivity index (χ2v) is 10.3. The highest BCUT2D eigenvalue weighted by atomic mass is 35.5. The van der Waals surface area contributed by atoms with E-state index in [9.17, 15) is 29.5 Å². The van der Waals surface area contributed by atoms with Crippen LogP contribution in [0.2, 0.25) is 5.02 Å². The van der Waals surface area contributed by atoms with E-state index >= 15 is 4.39 Å². The lowest BCUT2D eigenvalue weighted by Crippen LogP contribution is -2.47. The van der Waals surface area contributed by atoms with Crippen molar-refractivity contribution in [2.45, 2.75) is 24.2 Å². The molecule has 2 saturated heterocycles. The van der Waals surface area contributed by atoms with Gasteiger partial charge in [0.15, 0.2) is 18.5 Å². The molecule has 2 aliphatic rings. The van der Waals surface area contributed by atoms with Crippen molar-refractivity contribution in [2.75, 3.05) is 32.9 Å². The Bertz CT molecular complexity index is 1770. The van der Waals surface area contributed by atoms with Gasteiger partial charge in [-0.15, -0.1) is 0 Å². The summed E-state index contributed by atoms with van der Waals surface area (Å²) >= 11 is 5.95. The molecule has 4 atom stereocenters. The van der Waals surface area contributed by atoms with Gasteiger partial charge < -0.3 is 23.8 Å². The number of hydrogen-bond donors (Lipinski definition) is 1. The number of nitrogens with zero attached hydrogens (tertiary/aromatic N) is 5. The van der Waals surface area contributed by atoms with E-state index in [-0.39, 0.29) is 42.5 Å². The average Bonchev–Trinajstić information content (AvgIpc) is 3.31. The van der Waals surface area contributed by atoms with Gasteiger partial charge in [0.25, 0.3) is 11.5 Å². The number of azide groups is 1. The third-order valence-electron chi connectivity index (χ3n) is 7.03. The Kier molecular flexibility index (Phi) is 9.29. The maximum absolute atomic E-state index is 16.4. The Morgan fingerprint density at radius 2 is 1.80 bits per heavy atom. The van der Waals surface area contributed by atoms with Gasteiger partial charge in [-0.1, -0.05) is 41.0 Å². The van der Waals surface area contributed by atoms with Gasteiger partial charge in [0.05, 0.1) is 24.3 Å². The molecule has 0 unspecified atom stereocenters. The fourth-order valence-corrected chi connectivity index (χ4v) is 4.99. The number of hydrogen-bond acceptors (Lipinski definition) is 10. The highest BCUT2D eigenvalue weighted by molar-refractivity contribution is 6.30. The van der Waals surface area contributed by atoms with Gasteiger partial charge in [0, 0.05) is 29.2 Å². The highest BCUT2D eigenvalue weighted by Gasteiger charge is 2.60. The van der Waals surface area contributed by atoms with Gasteiger partial charge in [-0.25, -0.2) is 18.8 Å². The van der Waals surface area contributed by atoms with Crippen molar-refractivity contribution in [1.82, 2.24) is 14.5 Å². The Morgan fingerprint density at radius 3 is 2.49 bits per heavy atom. The Hall–Kier alpha value is -5.02. The molecule has 2 aliphatic heterocycles. The monoisotopic (exact) mass is 642 g/mol. The molecule has 0 bridgehead atoms. The number of aromatic amines is 1. The summed E-state index contributed by atoms with van der Waals surface area (Å²) in [5.74, 6) is -2.78. The van der Waals surface area contributed by atoms with E-state index in [1.165, 1.54) is 53.4 Å². The smallest absolute Gasteiger partial charge is 0.338 e. The number of carbonyl (C=O) groups excluding carboxylic acids is 3. The molecule has 3 heterocycles. The molecule has 3 aromatic rings. The zero-order valence-corrected chi connectivity index (χ0v) is 24.0. The normalized spacial score (nSPS) is 22.7. The van der Waals surface area contributed by atoms with E-state index in [0.717, 1.165) is 6.20 Å². The highest BCUT2D eigenvalue weighted by Crippen LogP contribution is 2.42. The minimum Gasteiger partial charge on any atom is -0.459 e. The van der Waals surface area contributed by atoms with Crippen molar-refractivity contribution >= 4 is 29.4 Å². The number of ether oxygens (including phenoxy) is 4. The van der Waals surface area contributed by atoms with E-state index in [1.54, 1.807) is 6.07 Å². The minimum atomic E-state index is -2.55. The van der Waals surface area contributed by atoms with Crippen LogP contribution in [0.3, 0.4) is 0 Å². The molecule has 0 aliphatic carbocycles. The van der Waals surface area contributed by atoms with Crippen molar-refractivity contribution in [3.05, 3.63) is 114 Å². The van der Waals surface area contributed by atoms with Crippen LogP contribution in [0.4, 0.5) is 4.39 Å². The third kappa shape index (κ3) is 6.58. The van der Waals surface area contributed by atoms with E-state index in [4.69, 9.17) is 30.5 Å². The molecule has 234 valence electrons. The van der Waals surface area contributed by atoms with Crippen LogP contribution in [0.5, 0.6) is 0 Å². The standard InChI is InChI=1S/C28H24ClFN6O9/c29-18-8-4-7-17(13-18)25(39)43-15-28(33-34-31)21(44-26(40)16-5-2-1-3-6-16)20(30)24(45-28)36-14-19(22(37)32-27(36)41)23(38)35-9-11-42-12-10-35/h1-8,13-14,20-21,24H,9-12,15H2,(H,32,37,41)/t20-,21-,24+,28+/m0/s1. The lowest BCUT2D eigenvalue weighted by Gasteiger charge is -2.28. The van der Waals surface area contributed by atoms with Crippen LogP contribution in [-0.4, -0.2) is 83.2 Å². The number of amides is 1. The summed E-state index contributed by atoms with van der Waals surface area (Å²) in [4.78, 5) is 70.5. The summed E-state index contributed by atoms with van der Waals surface area (Å²) in [5.41, 5.74) is 4.15. The first kappa shape index (κ1) is 31.4. The van der Waals surface area contributed by atoms with Gasteiger partial charge in [-0.05, 0) is 35.9 Å². The number of carbonyl (C=O) groups is 3. The van der Waals surface area contributed by atoms with Gasteiger partial charge in [-0.2, -0.15) is 0 Å². The van der Waals surface area contributed by atoms with Gasteiger partial charge >= 0.3 is 17.6 Å². The number of aromatic nitrogens is 2. The van der Waals surface area contributed by atoms with E-state index in [2.05, 4.69) is 10.0 Å². The Labute approximate surface area is 257 Å². The summed E-state index contributed by atoms with van der Waals surface area (Å²) < 4.78 is 38.7. The van der Waals surface area contributed by atoms with Gasteiger partial charge in [0.1, 0.15) is 12.2 Å². The minimum absolute atomic E-state index is 0.00138. The molecule has 1 N–H and O–H groups in total. The van der Waals surface area contributed by atoms with Crippen LogP contribution in [0.1, 0.15) is 37.3 Å². The molecule has 2 fully saturated rings. The van der Waals surface area contributed by atoms with Gasteiger partial charge in [0.2, 0.25) is 5.72 Å². The fourth-order valence-electron chi connectivity index (χ4n) is 4.80. The maximum Gasteiger partial charge on any atom is 0.338 e. The quantitative estimate of drug-likeness (QED) is 0.166. The molecular weight excluding hydrogens is 619 g/mol. The van der Waals surface area contributed by atoms with Crippen LogP contribution >= 0.6 is 11.6 Å². The summed E-state index contributed by atoms with van der Waals surface area (Å²) in [7, 11) is 0. The number of morpholine rings is 1. The zero-order valence-electron chi connectivity index (χ0n) is 23.2. The number of benzene rings is 2. The van der Waals surface area contributed by atoms with Crippen molar-refractivity contribution in [1.29, 1.82) is 0 Å². The molecule has 0 spiro atoms. The molecule has 0 saturated carbocycles. The van der Waals surface area contributed by atoms with Crippen LogP contribution in [0.25, 0.3) is 10.4 Å². The number of esters is 2. The first-order valence-corrected chi connectivity index (χ1v) is 13.8. The van der Waals surface area contributed by atoms with Gasteiger partial charge in [-0.3, -0.25) is 19.1 Å². The Morgan fingerprint density at radius 1 is 1.09 bits per heavy atom. The van der Waals surface area contributed by atoms with Crippen LogP contribution < -0.4 is 11.2 Å². The van der Waals surface area contributed by atoms with Crippen LogP contribution in [0.15, 0.2) is 75.5 Å². The maximum atomic E-state index is 16.4. The molecule has 17 heteroatoms. The lowest BCUT2D eigenvalue weighted by molar-refractivity contribution is -0.129. The molecule has 1 amide bonds. The third-order valence-corrected chi connectivity index (χ3v) is 7.26. The second-order valence-electron chi connectivity index (χ2n) is 9.88. The molecule has 5 rings (SSSR count). The fraction of sp³-hybridized carbons (Fsp3) is 0.321. The molecule has 15 nitrogen and oxygen atoms in total. The van der Waals surface area contributed by atoms with Crippen LogP contribution in [-0.2, 0) is 18.9 Å². The summed E-state index contributed by atoms with van der Waals surface area (Å²) in [6, 6.07) is 13.1. The lowest BCUT2D eigenvalue weighted by atomic mass is 10.1. The predicted octanol–water partition coefficient (Wildman–Crippen LogP) is 2.62. The Balaban J connectivity index is 1.53.